The van der Waals surface area contributed by atoms with E-state index in [1.807, 2.05) is 0 Å². The van der Waals surface area contributed by atoms with Crippen molar-refractivity contribution < 1.29 is 5.11 Å². The average molecular weight is 282 g/mol. The third-order valence-corrected chi connectivity index (χ3v) is 6.24. The van der Waals surface area contributed by atoms with E-state index in [4.69, 9.17) is 0 Å². The van der Waals surface area contributed by atoms with Gasteiger partial charge in [0, 0.05) is 25.2 Å². The van der Waals surface area contributed by atoms with Gasteiger partial charge in [-0.15, -0.1) is 0 Å². The van der Waals surface area contributed by atoms with Gasteiger partial charge in [0.2, 0.25) is 0 Å². The fourth-order valence-electron chi connectivity index (χ4n) is 4.12. The van der Waals surface area contributed by atoms with Crippen molar-refractivity contribution >= 4 is 0 Å². The summed E-state index contributed by atoms with van der Waals surface area (Å²) in [6.07, 6.45) is 7.40. The molecule has 0 spiro atoms. The minimum absolute atomic E-state index is 0.0757. The highest BCUT2D eigenvalue weighted by atomic mass is 16.3. The van der Waals surface area contributed by atoms with Gasteiger partial charge in [-0.1, -0.05) is 27.2 Å². The van der Waals surface area contributed by atoms with Crippen LogP contribution in [0.5, 0.6) is 0 Å². The summed E-state index contributed by atoms with van der Waals surface area (Å²) in [5, 5.41) is 13.5. The SMILES string of the molecule is CCC(C)(C)C1CCC(CO)(N2CCCNCC2)CC1. The molecule has 1 aliphatic heterocycles. The predicted octanol–water partition coefficient (Wildman–Crippen LogP) is 2.64. The van der Waals surface area contributed by atoms with Gasteiger partial charge in [0.1, 0.15) is 0 Å². The van der Waals surface area contributed by atoms with Crippen molar-refractivity contribution in [2.45, 2.75) is 64.8 Å². The van der Waals surface area contributed by atoms with E-state index >= 15 is 0 Å². The van der Waals surface area contributed by atoms with Crippen molar-refractivity contribution in [1.82, 2.24) is 10.2 Å². The summed E-state index contributed by atoms with van der Waals surface area (Å²) in [5.41, 5.74) is 0.536. The zero-order chi connectivity index (χ0) is 14.6. The predicted molar refractivity (Wildman–Crippen MR) is 84.9 cm³/mol. The van der Waals surface area contributed by atoms with Crippen LogP contribution in [-0.2, 0) is 0 Å². The summed E-state index contributed by atoms with van der Waals surface area (Å²) in [7, 11) is 0. The van der Waals surface area contributed by atoms with Gasteiger partial charge in [0.15, 0.2) is 0 Å². The molecule has 0 radical (unpaired) electrons. The lowest BCUT2D eigenvalue weighted by Crippen LogP contribution is -2.55. The van der Waals surface area contributed by atoms with E-state index in [-0.39, 0.29) is 5.54 Å². The molecule has 0 unspecified atom stereocenters. The standard InChI is InChI=1S/C17H34N2O/c1-4-16(2,3)15-6-8-17(14-20,9-7-15)19-12-5-10-18-11-13-19/h15,18,20H,4-14H2,1-3H3. The Morgan fingerprint density at radius 1 is 1.20 bits per heavy atom. The van der Waals surface area contributed by atoms with Gasteiger partial charge in [-0.05, 0) is 50.0 Å². The van der Waals surface area contributed by atoms with E-state index < -0.39 is 0 Å². The van der Waals surface area contributed by atoms with Gasteiger partial charge in [0.05, 0.1) is 6.61 Å². The highest BCUT2D eigenvalue weighted by molar-refractivity contribution is 4.97. The number of nitrogens with one attached hydrogen (secondary N) is 1. The molecule has 2 rings (SSSR count). The molecule has 2 N–H and O–H groups in total. The molecule has 1 aliphatic carbocycles. The minimum Gasteiger partial charge on any atom is -0.394 e. The van der Waals surface area contributed by atoms with Crippen molar-refractivity contribution in [2.75, 3.05) is 32.8 Å². The zero-order valence-electron chi connectivity index (χ0n) is 13.7. The fourth-order valence-corrected chi connectivity index (χ4v) is 4.12. The molecule has 0 bridgehead atoms. The van der Waals surface area contributed by atoms with Crippen molar-refractivity contribution in [3.63, 3.8) is 0 Å². The Hall–Kier alpha value is -0.120. The molecule has 118 valence electrons. The second-order valence-corrected chi connectivity index (χ2v) is 7.59. The molecule has 0 atom stereocenters. The number of hydrogen-bond donors (Lipinski definition) is 2. The second kappa shape index (κ2) is 6.76. The molecule has 1 saturated heterocycles. The van der Waals surface area contributed by atoms with Crippen LogP contribution in [0.2, 0.25) is 0 Å². The lowest BCUT2D eigenvalue weighted by atomic mass is 9.65. The molecule has 0 amide bonds. The Bertz CT molecular complexity index is 287. The highest BCUT2D eigenvalue weighted by Gasteiger charge is 2.42. The number of aliphatic hydroxyl groups excluding tert-OH is 1. The second-order valence-electron chi connectivity index (χ2n) is 7.59. The highest BCUT2D eigenvalue weighted by Crippen LogP contribution is 2.45. The Balaban J connectivity index is 2.00. The van der Waals surface area contributed by atoms with Crippen LogP contribution in [0.15, 0.2) is 0 Å². The number of rotatable bonds is 4. The topological polar surface area (TPSA) is 35.5 Å². The third-order valence-electron chi connectivity index (χ3n) is 6.24. The summed E-state index contributed by atoms with van der Waals surface area (Å²) >= 11 is 0. The van der Waals surface area contributed by atoms with Crippen LogP contribution in [0.4, 0.5) is 0 Å². The first kappa shape index (κ1) is 16.3. The van der Waals surface area contributed by atoms with Crippen molar-refractivity contribution in [1.29, 1.82) is 0 Å². The van der Waals surface area contributed by atoms with Crippen LogP contribution in [0.25, 0.3) is 0 Å². The maximum Gasteiger partial charge on any atom is 0.0615 e. The maximum absolute atomic E-state index is 10.1. The Morgan fingerprint density at radius 3 is 2.50 bits per heavy atom. The largest absolute Gasteiger partial charge is 0.394 e. The normalized spacial score (nSPS) is 33.9. The average Bonchev–Trinajstić information content (AvgIpc) is 2.77. The molecular formula is C17H34N2O. The lowest BCUT2D eigenvalue weighted by molar-refractivity contribution is -0.0224. The molecule has 3 nitrogen and oxygen atoms in total. The van der Waals surface area contributed by atoms with Gasteiger partial charge >= 0.3 is 0 Å². The fraction of sp³-hybridized carbons (Fsp3) is 1.00. The van der Waals surface area contributed by atoms with Gasteiger partial charge in [-0.2, -0.15) is 0 Å². The van der Waals surface area contributed by atoms with E-state index in [1.54, 1.807) is 0 Å². The minimum atomic E-state index is 0.0757. The first-order valence-corrected chi connectivity index (χ1v) is 8.61. The number of hydrogen-bond acceptors (Lipinski definition) is 3. The van der Waals surface area contributed by atoms with Crippen LogP contribution in [0, 0.1) is 11.3 Å². The van der Waals surface area contributed by atoms with Crippen molar-refractivity contribution in [2.24, 2.45) is 11.3 Å². The zero-order valence-corrected chi connectivity index (χ0v) is 13.7. The Kier molecular flexibility index (Phi) is 5.49. The van der Waals surface area contributed by atoms with Crippen LogP contribution in [0.3, 0.4) is 0 Å². The third kappa shape index (κ3) is 3.37. The Morgan fingerprint density at radius 2 is 1.90 bits per heavy atom. The molecule has 3 heteroatoms. The molecule has 20 heavy (non-hydrogen) atoms. The maximum atomic E-state index is 10.1. The Labute approximate surface area is 125 Å². The van der Waals surface area contributed by atoms with Gasteiger partial charge < -0.3 is 10.4 Å². The van der Waals surface area contributed by atoms with Gasteiger partial charge in [-0.25, -0.2) is 0 Å². The number of aliphatic hydroxyl groups is 1. The van der Waals surface area contributed by atoms with E-state index in [9.17, 15) is 5.11 Å². The van der Waals surface area contributed by atoms with Crippen LogP contribution in [0.1, 0.15) is 59.3 Å². The van der Waals surface area contributed by atoms with Crippen molar-refractivity contribution in [3.05, 3.63) is 0 Å². The first-order chi connectivity index (χ1) is 9.54. The monoisotopic (exact) mass is 282 g/mol. The lowest BCUT2D eigenvalue weighted by Gasteiger charge is -2.49. The van der Waals surface area contributed by atoms with Gasteiger partial charge in [-0.3, -0.25) is 4.90 Å². The molecular weight excluding hydrogens is 248 g/mol. The summed E-state index contributed by atoms with van der Waals surface area (Å²) in [6.45, 7) is 11.9. The van der Waals surface area contributed by atoms with E-state index in [0.29, 0.717) is 12.0 Å². The molecule has 0 aromatic carbocycles. The van der Waals surface area contributed by atoms with Crippen LogP contribution in [-0.4, -0.2) is 48.3 Å². The van der Waals surface area contributed by atoms with Crippen LogP contribution >= 0.6 is 0 Å². The van der Waals surface area contributed by atoms with Crippen LogP contribution < -0.4 is 5.32 Å². The van der Waals surface area contributed by atoms with E-state index in [0.717, 1.165) is 32.1 Å². The summed E-state index contributed by atoms with van der Waals surface area (Å²) < 4.78 is 0. The van der Waals surface area contributed by atoms with Crippen molar-refractivity contribution in [3.8, 4) is 0 Å². The summed E-state index contributed by atoms with van der Waals surface area (Å²) in [4.78, 5) is 2.59. The molecule has 0 aromatic rings. The smallest absolute Gasteiger partial charge is 0.0615 e. The summed E-state index contributed by atoms with van der Waals surface area (Å²) in [6, 6.07) is 0. The molecule has 1 heterocycles. The van der Waals surface area contributed by atoms with Gasteiger partial charge in [0.25, 0.3) is 0 Å². The van der Waals surface area contributed by atoms with E-state index in [1.165, 1.54) is 38.5 Å². The summed E-state index contributed by atoms with van der Waals surface area (Å²) in [5.74, 6) is 0.831. The molecule has 2 fully saturated rings. The van der Waals surface area contributed by atoms with E-state index in [2.05, 4.69) is 31.0 Å². The first-order valence-electron chi connectivity index (χ1n) is 8.61. The molecule has 2 aliphatic rings. The molecule has 1 saturated carbocycles. The quantitative estimate of drug-likeness (QED) is 0.832. The number of nitrogens with zero attached hydrogens (tertiary/aromatic N) is 1. The molecule has 0 aromatic heterocycles.